The average Bonchev–Trinajstić information content (AvgIpc) is 3.15. The molecule has 1 saturated carbocycles. The molecule has 102 valence electrons. The van der Waals surface area contributed by atoms with Crippen LogP contribution in [0, 0.1) is 11.7 Å². The van der Waals surface area contributed by atoms with Crippen molar-refractivity contribution in [3.8, 4) is 0 Å². The molecule has 0 aliphatic heterocycles. The van der Waals surface area contributed by atoms with E-state index in [-0.39, 0.29) is 22.4 Å². The molecule has 2 N–H and O–H groups in total. The zero-order chi connectivity index (χ0) is 14.0. The predicted octanol–water partition coefficient (Wildman–Crippen LogP) is 2.57. The minimum Gasteiger partial charge on any atom is -0.481 e. The first kappa shape index (κ1) is 14.0. The molecule has 1 unspecified atom stereocenters. The van der Waals surface area contributed by atoms with E-state index in [0.29, 0.717) is 0 Å². The zero-order valence-corrected chi connectivity index (χ0v) is 11.6. The van der Waals surface area contributed by atoms with Gasteiger partial charge in [0.1, 0.15) is 5.82 Å². The molecule has 0 heterocycles. The van der Waals surface area contributed by atoms with Gasteiger partial charge in [-0.05, 0) is 46.8 Å². The topological polar surface area (TPSA) is 66.4 Å². The molecule has 6 heteroatoms. The fraction of sp³-hybridized carbons (Fsp3) is 0.385. The van der Waals surface area contributed by atoms with Crippen LogP contribution in [0.25, 0.3) is 0 Å². The number of hydrogen-bond acceptors (Lipinski definition) is 2. The van der Waals surface area contributed by atoms with Crippen molar-refractivity contribution >= 4 is 27.8 Å². The van der Waals surface area contributed by atoms with Crippen LogP contribution in [0.1, 0.15) is 29.6 Å². The molecule has 4 nitrogen and oxygen atoms in total. The number of amides is 1. The van der Waals surface area contributed by atoms with Crippen molar-refractivity contribution < 1.29 is 19.1 Å². The average molecular weight is 330 g/mol. The van der Waals surface area contributed by atoms with Gasteiger partial charge in [0.05, 0.1) is 16.5 Å². The van der Waals surface area contributed by atoms with Gasteiger partial charge in [0, 0.05) is 6.04 Å². The Bertz CT molecular complexity index is 517. The van der Waals surface area contributed by atoms with Crippen LogP contribution in [-0.4, -0.2) is 23.0 Å². The molecule has 1 aliphatic rings. The lowest BCUT2D eigenvalue weighted by Crippen LogP contribution is -2.38. The van der Waals surface area contributed by atoms with Gasteiger partial charge >= 0.3 is 5.97 Å². The Kier molecular flexibility index (Phi) is 4.19. The minimum atomic E-state index is -0.966. The Balaban J connectivity index is 2.10. The second kappa shape index (κ2) is 5.69. The summed E-state index contributed by atoms with van der Waals surface area (Å²) in [6.45, 7) is 0. The maximum absolute atomic E-state index is 13.8. The third-order valence-corrected chi connectivity index (χ3v) is 3.71. The standard InChI is InChI=1S/C13H13BrFNO3/c14-9-3-1-2-8(12(9)15)13(19)16-10(6-11(17)18)7-4-5-7/h1-3,7,10H,4-6H2,(H,16,19)(H,17,18). The number of nitrogens with one attached hydrogen (secondary N) is 1. The molecular formula is C13H13BrFNO3. The second-order valence-corrected chi connectivity index (χ2v) is 5.47. The number of carbonyl (C=O) groups excluding carboxylic acids is 1. The van der Waals surface area contributed by atoms with E-state index >= 15 is 0 Å². The number of carboxylic acid groups (broad SMARTS) is 1. The Hall–Kier alpha value is -1.43. The van der Waals surface area contributed by atoms with Crippen LogP contribution >= 0.6 is 15.9 Å². The van der Waals surface area contributed by atoms with Gasteiger partial charge in [0.15, 0.2) is 0 Å². The summed E-state index contributed by atoms with van der Waals surface area (Å²) in [5, 5.41) is 11.4. The lowest BCUT2D eigenvalue weighted by molar-refractivity contribution is -0.137. The molecule has 1 aromatic carbocycles. The van der Waals surface area contributed by atoms with Crippen molar-refractivity contribution in [2.24, 2.45) is 5.92 Å². The van der Waals surface area contributed by atoms with Crippen LogP contribution in [0.5, 0.6) is 0 Å². The Morgan fingerprint density at radius 2 is 2.16 bits per heavy atom. The Morgan fingerprint density at radius 1 is 1.47 bits per heavy atom. The number of halogens is 2. The van der Waals surface area contributed by atoms with E-state index in [1.54, 1.807) is 6.07 Å². The smallest absolute Gasteiger partial charge is 0.305 e. The molecule has 0 aromatic heterocycles. The van der Waals surface area contributed by atoms with E-state index in [1.165, 1.54) is 12.1 Å². The van der Waals surface area contributed by atoms with Crippen molar-refractivity contribution in [3.05, 3.63) is 34.1 Å². The van der Waals surface area contributed by atoms with Gasteiger partial charge in [0.25, 0.3) is 5.91 Å². The van der Waals surface area contributed by atoms with E-state index in [0.717, 1.165) is 12.8 Å². The van der Waals surface area contributed by atoms with Gasteiger partial charge < -0.3 is 10.4 Å². The fourth-order valence-electron chi connectivity index (χ4n) is 1.95. The summed E-state index contributed by atoms with van der Waals surface area (Å²) in [4.78, 5) is 22.7. The molecule has 0 bridgehead atoms. The molecule has 2 rings (SSSR count). The Labute approximate surface area is 118 Å². The highest BCUT2D eigenvalue weighted by Crippen LogP contribution is 2.34. The molecule has 1 atom stereocenters. The number of hydrogen-bond donors (Lipinski definition) is 2. The van der Waals surface area contributed by atoms with Crippen LogP contribution < -0.4 is 5.32 Å². The first-order valence-electron chi connectivity index (χ1n) is 5.95. The van der Waals surface area contributed by atoms with Crippen molar-refractivity contribution in [2.45, 2.75) is 25.3 Å². The summed E-state index contributed by atoms with van der Waals surface area (Å²) in [5.41, 5.74) is -0.0783. The van der Waals surface area contributed by atoms with Crippen LogP contribution in [0.2, 0.25) is 0 Å². The van der Waals surface area contributed by atoms with Crippen LogP contribution in [0.15, 0.2) is 22.7 Å². The maximum atomic E-state index is 13.8. The highest BCUT2D eigenvalue weighted by molar-refractivity contribution is 9.10. The molecule has 0 spiro atoms. The largest absolute Gasteiger partial charge is 0.481 e. The van der Waals surface area contributed by atoms with Gasteiger partial charge in [-0.2, -0.15) is 0 Å². The lowest BCUT2D eigenvalue weighted by Gasteiger charge is -2.16. The highest BCUT2D eigenvalue weighted by atomic mass is 79.9. The van der Waals surface area contributed by atoms with Gasteiger partial charge in [-0.3, -0.25) is 9.59 Å². The number of carbonyl (C=O) groups is 2. The number of benzene rings is 1. The number of carboxylic acids is 1. The summed E-state index contributed by atoms with van der Waals surface area (Å²) in [6, 6.07) is 4.01. The minimum absolute atomic E-state index is 0.0783. The molecule has 19 heavy (non-hydrogen) atoms. The zero-order valence-electron chi connectivity index (χ0n) is 10.0. The second-order valence-electron chi connectivity index (χ2n) is 4.62. The summed E-state index contributed by atoms with van der Waals surface area (Å²) >= 11 is 3.01. The summed E-state index contributed by atoms with van der Waals surface area (Å²) < 4.78 is 14.0. The molecule has 1 aromatic rings. The summed E-state index contributed by atoms with van der Waals surface area (Å²) in [7, 11) is 0. The van der Waals surface area contributed by atoms with Crippen LogP contribution in [0.4, 0.5) is 4.39 Å². The van der Waals surface area contributed by atoms with Crippen LogP contribution in [0.3, 0.4) is 0 Å². The quantitative estimate of drug-likeness (QED) is 0.872. The van der Waals surface area contributed by atoms with E-state index in [9.17, 15) is 14.0 Å². The third-order valence-electron chi connectivity index (χ3n) is 3.10. The summed E-state index contributed by atoms with van der Waals surface area (Å²) in [5.74, 6) is -1.98. The maximum Gasteiger partial charge on any atom is 0.305 e. The highest BCUT2D eigenvalue weighted by Gasteiger charge is 2.34. The lowest BCUT2D eigenvalue weighted by atomic mass is 10.1. The molecule has 1 fully saturated rings. The SMILES string of the molecule is O=C(O)CC(NC(=O)c1cccc(Br)c1F)C1CC1. The summed E-state index contributed by atoms with van der Waals surface area (Å²) in [6.07, 6.45) is 1.67. The molecule has 1 amide bonds. The monoisotopic (exact) mass is 329 g/mol. The van der Waals surface area contributed by atoms with Gasteiger partial charge in [-0.1, -0.05) is 6.07 Å². The Morgan fingerprint density at radius 3 is 2.74 bits per heavy atom. The normalized spacial score (nSPS) is 15.9. The molecule has 0 radical (unpaired) electrons. The van der Waals surface area contributed by atoms with Crippen molar-refractivity contribution in [3.63, 3.8) is 0 Å². The van der Waals surface area contributed by atoms with Crippen molar-refractivity contribution in [1.29, 1.82) is 0 Å². The fourth-order valence-corrected chi connectivity index (χ4v) is 2.31. The molecule has 0 saturated heterocycles. The molecule has 1 aliphatic carbocycles. The van der Waals surface area contributed by atoms with Crippen LogP contribution in [-0.2, 0) is 4.79 Å². The number of rotatable bonds is 5. The number of aliphatic carboxylic acids is 1. The van der Waals surface area contributed by atoms with Gasteiger partial charge in [0.2, 0.25) is 0 Å². The van der Waals surface area contributed by atoms with E-state index in [2.05, 4.69) is 21.2 Å². The third kappa shape index (κ3) is 3.53. The predicted molar refractivity (Wildman–Crippen MR) is 70.3 cm³/mol. The van der Waals surface area contributed by atoms with Gasteiger partial charge in [-0.15, -0.1) is 0 Å². The van der Waals surface area contributed by atoms with E-state index in [1.807, 2.05) is 0 Å². The van der Waals surface area contributed by atoms with Crippen molar-refractivity contribution in [1.82, 2.24) is 5.32 Å². The molecular weight excluding hydrogens is 317 g/mol. The van der Waals surface area contributed by atoms with Crippen molar-refractivity contribution in [2.75, 3.05) is 0 Å². The van der Waals surface area contributed by atoms with E-state index in [4.69, 9.17) is 5.11 Å². The first-order valence-corrected chi connectivity index (χ1v) is 6.75. The van der Waals surface area contributed by atoms with Gasteiger partial charge in [-0.25, -0.2) is 4.39 Å². The van der Waals surface area contributed by atoms with E-state index < -0.39 is 23.7 Å². The first-order chi connectivity index (χ1) is 8.99.